The maximum atomic E-state index is 11.4. The van der Waals surface area contributed by atoms with Gasteiger partial charge in [0.05, 0.1) is 17.8 Å². The summed E-state index contributed by atoms with van der Waals surface area (Å²) in [6, 6.07) is 7.66. The fraction of sp³-hybridized carbons (Fsp3) is 0.286. The van der Waals surface area contributed by atoms with Gasteiger partial charge in [0.1, 0.15) is 5.75 Å². The van der Waals surface area contributed by atoms with Crippen molar-refractivity contribution in [3.8, 4) is 17.0 Å². The zero-order chi connectivity index (χ0) is 16.2. The fourth-order valence-electron chi connectivity index (χ4n) is 1.70. The third-order valence-corrected chi connectivity index (χ3v) is 4.24. The van der Waals surface area contributed by atoms with Crippen LogP contribution in [0.15, 0.2) is 29.6 Å². The molecule has 2 rings (SSSR count). The summed E-state index contributed by atoms with van der Waals surface area (Å²) in [5.74, 6) is 0.165. The number of aromatic nitrogens is 1. The first kappa shape index (κ1) is 17.3. The lowest BCUT2D eigenvalue weighted by Gasteiger charge is -2.10. The molecule has 4 nitrogen and oxygen atoms in total. The molecule has 22 heavy (non-hydrogen) atoms. The number of halogens is 3. The molecular formula is C14H13Cl3N2O2S. The van der Waals surface area contributed by atoms with Crippen LogP contribution in [-0.2, 0) is 11.2 Å². The molecule has 0 aliphatic rings. The molecule has 1 amide bonds. The summed E-state index contributed by atoms with van der Waals surface area (Å²) in [5, 5.41) is 5.42. The number of carbonyl (C=O) groups excluding carboxylic acids is 1. The van der Waals surface area contributed by atoms with E-state index < -0.39 is 9.70 Å². The molecule has 8 heteroatoms. The average molecular weight is 380 g/mol. The first-order chi connectivity index (χ1) is 10.4. The van der Waals surface area contributed by atoms with E-state index in [0.29, 0.717) is 13.0 Å². The van der Waals surface area contributed by atoms with Gasteiger partial charge in [-0.3, -0.25) is 4.79 Å². The number of ether oxygens (including phenoxy) is 1. The molecular weight excluding hydrogens is 367 g/mol. The van der Waals surface area contributed by atoms with Crippen molar-refractivity contribution < 1.29 is 9.53 Å². The van der Waals surface area contributed by atoms with Crippen molar-refractivity contribution in [3.05, 3.63) is 34.7 Å². The van der Waals surface area contributed by atoms with Crippen LogP contribution in [0.1, 0.15) is 5.01 Å². The van der Waals surface area contributed by atoms with Gasteiger partial charge < -0.3 is 10.1 Å². The predicted octanol–water partition coefficient (Wildman–Crippen LogP) is 3.85. The van der Waals surface area contributed by atoms with Crippen molar-refractivity contribution in [3.63, 3.8) is 0 Å². The van der Waals surface area contributed by atoms with E-state index in [1.165, 1.54) is 11.3 Å². The van der Waals surface area contributed by atoms with Gasteiger partial charge >= 0.3 is 0 Å². The molecule has 0 bridgehead atoms. The largest absolute Gasteiger partial charge is 0.497 e. The molecule has 118 valence electrons. The monoisotopic (exact) mass is 378 g/mol. The van der Waals surface area contributed by atoms with Gasteiger partial charge in [-0.1, -0.05) is 34.8 Å². The van der Waals surface area contributed by atoms with Gasteiger partial charge in [0, 0.05) is 23.9 Å². The zero-order valence-corrected chi connectivity index (χ0v) is 14.7. The second-order valence-electron chi connectivity index (χ2n) is 4.36. The molecule has 1 N–H and O–H groups in total. The van der Waals surface area contributed by atoms with E-state index in [-0.39, 0.29) is 0 Å². The van der Waals surface area contributed by atoms with Gasteiger partial charge in [0.25, 0.3) is 9.70 Å². The number of nitrogens with one attached hydrogen (secondary N) is 1. The van der Waals surface area contributed by atoms with E-state index >= 15 is 0 Å². The van der Waals surface area contributed by atoms with Crippen molar-refractivity contribution in [2.45, 2.75) is 10.2 Å². The number of carbonyl (C=O) groups is 1. The van der Waals surface area contributed by atoms with Crippen molar-refractivity contribution in [2.75, 3.05) is 13.7 Å². The Morgan fingerprint density at radius 3 is 2.59 bits per heavy atom. The Balaban J connectivity index is 1.92. The average Bonchev–Trinajstić information content (AvgIpc) is 2.95. The lowest BCUT2D eigenvalue weighted by Crippen LogP contribution is -2.35. The number of hydrogen-bond acceptors (Lipinski definition) is 4. The number of nitrogens with zero attached hydrogens (tertiary/aromatic N) is 1. The fourth-order valence-corrected chi connectivity index (χ4v) is 2.71. The zero-order valence-electron chi connectivity index (χ0n) is 11.6. The SMILES string of the molecule is COc1ccc(-c2csc(CCNC(=O)C(Cl)(Cl)Cl)n2)cc1. The van der Waals surface area contributed by atoms with Crippen LogP contribution in [0.2, 0.25) is 0 Å². The van der Waals surface area contributed by atoms with Crippen LogP contribution in [0.3, 0.4) is 0 Å². The molecule has 1 aromatic heterocycles. The first-order valence-electron chi connectivity index (χ1n) is 6.34. The van der Waals surface area contributed by atoms with Crippen LogP contribution in [-0.4, -0.2) is 28.3 Å². The Morgan fingerprint density at radius 2 is 2.00 bits per heavy atom. The number of benzene rings is 1. The van der Waals surface area contributed by atoms with E-state index in [2.05, 4.69) is 10.3 Å². The molecule has 0 atom stereocenters. The molecule has 1 aromatic carbocycles. The Morgan fingerprint density at radius 1 is 1.32 bits per heavy atom. The minimum Gasteiger partial charge on any atom is -0.497 e. The van der Waals surface area contributed by atoms with Crippen LogP contribution < -0.4 is 10.1 Å². The number of thiazole rings is 1. The van der Waals surface area contributed by atoms with Crippen LogP contribution >= 0.6 is 46.1 Å². The number of alkyl halides is 3. The van der Waals surface area contributed by atoms with Crippen LogP contribution in [0.4, 0.5) is 0 Å². The summed E-state index contributed by atoms with van der Waals surface area (Å²) in [7, 11) is 1.63. The summed E-state index contributed by atoms with van der Waals surface area (Å²) >= 11 is 17.9. The number of methoxy groups -OCH3 is 1. The second kappa shape index (κ2) is 7.51. The smallest absolute Gasteiger partial charge is 0.272 e. The van der Waals surface area contributed by atoms with Crippen molar-refractivity contribution in [1.29, 1.82) is 0 Å². The third kappa shape index (κ3) is 4.74. The summed E-state index contributed by atoms with van der Waals surface area (Å²) in [6.07, 6.45) is 0.577. The lowest BCUT2D eigenvalue weighted by molar-refractivity contribution is -0.120. The molecule has 0 saturated carbocycles. The Kier molecular flexibility index (Phi) is 5.92. The van der Waals surface area contributed by atoms with Crippen LogP contribution in [0, 0.1) is 0 Å². The van der Waals surface area contributed by atoms with Gasteiger partial charge in [0.2, 0.25) is 0 Å². The summed E-state index contributed by atoms with van der Waals surface area (Å²) in [6.45, 7) is 0.363. The molecule has 0 aliphatic heterocycles. The van der Waals surface area contributed by atoms with Crippen molar-refractivity contribution >= 4 is 52.0 Å². The highest BCUT2D eigenvalue weighted by Gasteiger charge is 2.29. The number of amides is 1. The standard InChI is InChI=1S/C14H13Cl3N2O2S/c1-21-10-4-2-9(3-5-10)11-8-22-12(19-11)6-7-18-13(20)14(15,16)17/h2-5,8H,6-7H2,1H3,(H,18,20). The summed E-state index contributed by atoms with van der Waals surface area (Å²) in [4.78, 5) is 15.9. The third-order valence-electron chi connectivity index (χ3n) is 2.82. The van der Waals surface area contributed by atoms with Gasteiger partial charge in [-0.15, -0.1) is 11.3 Å². The molecule has 0 saturated heterocycles. The highest BCUT2D eigenvalue weighted by Crippen LogP contribution is 2.26. The quantitative estimate of drug-likeness (QED) is 0.803. The van der Waals surface area contributed by atoms with E-state index in [1.54, 1.807) is 7.11 Å². The van der Waals surface area contributed by atoms with Crippen molar-refractivity contribution in [1.82, 2.24) is 10.3 Å². The molecule has 0 radical (unpaired) electrons. The van der Waals surface area contributed by atoms with Gasteiger partial charge in [-0.05, 0) is 24.3 Å². The maximum Gasteiger partial charge on any atom is 0.272 e. The molecule has 0 fully saturated rings. The van der Waals surface area contributed by atoms with Crippen molar-refractivity contribution in [2.24, 2.45) is 0 Å². The Bertz CT molecular complexity index is 638. The molecule has 0 unspecified atom stereocenters. The predicted molar refractivity (Wildman–Crippen MR) is 91.1 cm³/mol. The second-order valence-corrected chi connectivity index (χ2v) is 7.58. The van der Waals surface area contributed by atoms with Gasteiger partial charge in [0.15, 0.2) is 0 Å². The summed E-state index contributed by atoms with van der Waals surface area (Å²) < 4.78 is 3.19. The molecule has 1 heterocycles. The van der Waals surface area contributed by atoms with Crippen LogP contribution in [0.25, 0.3) is 11.3 Å². The Labute approximate surface area is 147 Å². The Hall–Kier alpha value is -1.01. The molecule has 0 spiro atoms. The van der Waals surface area contributed by atoms with E-state index in [1.807, 2.05) is 29.6 Å². The molecule has 2 aromatic rings. The highest BCUT2D eigenvalue weighted by molar-refractivity contribution is 7.09. The lowest BCUT2D eigenvalue weighted by atomic mass is 10.2. The van der Waals surface area contributed by atoms with Gasteiger partial charge in [-0.25, -0.2) is 4.98 Å². The number of hydrogen-bond donors (Lipinski definition) is 1. The van der Waals surface area contributed by atoms with E-state index in [0.717, 1.165) is 22.0 Å². The summed E-state index contributed by atoms with van der Waals surface area (Å²) in [5.41, 5.74) is 1.89. The topological polar surface area (TPSA) is 51.2 Å². The van der Waals surface area contributed by atoms with Crippen LogP contribution in [0.5, 0.6) is 5.75 Å². The number of rotatable bonds is 5. The maximum absolute atomic E-state index is 11.4. The first-order valence-corrected chi connectivity index (χ1v) is 8.35. The minimum absolute atomic E-state index is 0.363. The highest BCUT2D eigenvalue weighted by atomic mass is 35.6. The van der Waals surface area contributed by atoms with E-state index in [9.17, 15) is 4.79 Å². The van der Waals surface area contributed by atoms with Gasteiger partial charge in [-0.2, -0.15) is 0 Å². The molecule has 0 aliphatic carbocycles. The van der Waals surface area contributed by atoms with E-state index in [4.69, 9.17) is 39.5 Å². The normalized spacial score (nSPS) is 11.3. The minimum atomic E-state index is -1.93.